The van der Waals surface area contributed by atoms with Crippen LogP contribution in [0.3, 0.4) is 0 Å². The van der Waals surface area contributed by atoms with E-state index in [-0.39, 0.29) is 5.91 Å². The number of carbonyl (C=O) groups excluding carboxylic acids is 1. The minimum absolute atomic E-state index is 0.292. The molecule has 1 atom stereocenters. The summed E-state index contributed by atoms with van der Waals surface area (Å²) in [5.41, 5.74) is 0.699. The van der Waals surface area contributed by atoms with Crippen molar-refractivity contribution in [1.82, 2.24) is 9.97 Å². The zero-order valence-corrected chi connectivity index (χ0v) is 13.9. The van der Waals surface area contributed by atoms with Gasteiger partial charge in [0.2, 0.25) is 0 Å². The number of piperidine rings is 1. The first-order chi connectivity index (χ1) is 11.5. The number of rotatable bonds is 3. The molecular weight excluding hydrogens is 307 g/mol. The zero-order valence-electron chi connectivity index (χ0n) is 13.9. The molecule has 1 aromatic carbocycles. The van der Waals surface area contributed by atoms with Crippen molar-refractivity contribution in [3.63, 3.8) is 0 Å². The van der Waals surface area contributed by atoms with E-state index in [1.54, 1.807) is 25.1 Å². The summed E-state index contributed by atoms with van der Waals surface area (Å²) in [7, 11) is 0. The average molecular weight is 328 g/mol. The maximum atomic E-state index is 13.2. The Morgan fingerprint density at radius 1 is 1.33 bits per heavy atom. The number of amides is 1. The molecule has 0 saturated carbocycles. The summed E-state index contributed by atoms with van der Waals surface area (Å²) < 4.78 is 13.2. The average Bonchev–Trinajstić information content (AvgIpc) is 2.54. The van der Waals surface area contributed by atoms with Crippen LogP contribution in [0.4, 0.5) is 15.9 Å². The van der Waals surface area contributed by atoms with Crippen LogP contribution >= 0.6 is 0 Å². The van der Waals surface area contributed by atoms with E-state index in [1.807, 2.05) is 0 Å². The molecule has 1 fully saturated rings. The standard InChI is InChI=1S/C18H21FN4O/c1-12-5-4-8-23(11-12)17-10-16(20-13(2)21-17)18(24)22-15-7-3-6-14(19)9-15/h3,6-7,9-10,12H,4-5,8,11H2,1-2H3,(H,22,24). The fourth-order valence-electron chi connectivity index (χ4n) is 2.99. The number of aryl methyl sites for hydroxylation is 1. The highest BCUT2D eigenvalue weighted by molar-refractivity contribution is 6.03. The van der Waals surface area contributed by atoms with Gasteiger partial charge in [0.05, 0.1) is 0 Å². The third-order valence-corrected chi connectivity index (χ3v) is 4.12. The second kappa shape index (κ2) is 6.95. The predicted molar refractivity (Wildman–Crippen MR) is 91.7 cm³/mol. The van der Waals surface area contributed by atoms with Gasteiger partial charge < -0.3 is 10.2 Å². The van der Waals surface area contributed by atoms with Crippen molar-refractivity contribution in [2.45, 2.75) is 26.7 Å². The molecule has 2 heterocycles. The molecule has 1 aliphatic heterocycles. The molecule has 2 aromatic rings. The number of nitrogens with one attached hydrogen (secondary N) is 1. The summed E-state index contributed by atoms with van der Waals surface area (Å²) >= 11 is 0. The smallest absolute Gasteiger partial charge is 0.274 e. The van der Waals surface area contributed by atoms with Gasteiger partial charge in [-0.05, 0) is 43.9 Å². The summed E-state index contributed by atoms with van der Waals surface area (Å²) in [5.74, 6) is 1.18. The van der Waals surface area contributed by atoms with E-state index < -0.39 is 5.82 Å². The first kappa shape index (κ1) is 16.4. The van der Waals surface area contributed by atoms with Gasteiger partial charge in [-0.1, -0.05) is 13.0 Å². The second-order valence-corrected chi connectivity index (χ2v) is 6.32. The molecule has 1 N–H and O–H groups in total. The fourth-order valence-corrected chi connectivity index (χ4v) is 2.99. The Morgan fingerprint density at radius 3 is 2.92 bits per heavy atom. The molecule has 1 saturated heterocycles. The van der Waals surface area contributed by atoms with Crippen molar-refractivity contribution in [3.05, 3.63) is 47.7 Å². The summed E-state index contributed by atoms with van der Waals surface area (Å²) in [6.45, 7) is 5.86. The van der Waals surface area contributed by atoms with Crippen molar-refractivity contribution >= 4 is 17.4 Å². The molecule has 6 heteroatoms. The van der Waals surface area contributed by atoms with E-state index in [2.05, 4.69) is 27.1 Å². The highest BCUT2D eigenvalue weighted by Crippen LogP contribution is 2.22. The van der Waals surface area contributed by atoms with E-state index in [9.17, 15) is 9.18 Å². The lowest BCUT2D eigenvalue weighted by Gasteiger charge is -2.32. The third kappa shape index (κ3) is 3.88. The molecule has 24 heavy (non-hydrogen) atoms. The Labute approximate surface area is 140 Å². The largest absolute Gasteiger partial charge is 0.356 e. The lowest BCUT2D eigenvalue weighted by molar-refractivity contribution is 0.102. The van der Waals surface area contributed by atoms with Crippen molar-refractivity contribution in [3.8, 4) is 0 Å². The highest BCUT2D eigenvalue weighted by atomic mass is 19.1. The lowest BCUT2D eigenvalue weighted by atomic mass is 10.0. The molecule has 1 unspecified atom stereocenters. The van der Waals surface area contributed by atoms with Crippen LogP contribution in [-0.4, -0.2) is 29.0 Å². The maximum Gasteiger partial charge on any atom is 0.274 e. The molecule has 0 radical (unpaired) electrons. The summed E-state index contributed by atoms with van der Waals surface area (Å²) in [4.78, 5) is 23.3. The predicted octanol–water partition coefficient (Wildman–Crippen LogP) is 3.41. The number of hydrogen-bond acceptors (Lipinski definition) is 4. The second-order valence-electron chi connectivity index (χ2n) is 6.32. The zero-order chi connectivity index (χ0) is 17.1. The van der Waals surface area contributed by atoms with Crippen LogP contribution in [0, 0.1) is 18.7 Å². The molecule has 3 rings (SSSR count). The highest BCUT2D eigenvalue weighted by Gasteiger charge is 2.20. The van der Waals surface area contributed by atoms with Gasteiger partial charge >= 0.3 is 0 Å². The van der Waals surface area contributed by atoms with Gasteiger partial charge in [0.1, 0.15) is 23.2 Å². The van der Waals surface area contributed by atoms with E-state index >= 15 is 0 Å². The SMILES string of the molecule is Cc1nc(C(=O)Nc2cccc(F)c2)cc(N2CCCC(C)C2)n1. The van der Waals surface area contributed by atoms with Gasteiger partial charge in [0.25, 0.3) is 5.91 Å². The summed E-state index contributed by atoms with van der Waals surface area (Å²) in [5, 5.41) is 2.68. The minimum atomic E-state index is -0.394. The number of aromatic nitrogens is 2. The van der Waals surface area contributed by atoms with Gasteiger partial charge in [0.15, 0.2) is 0 Å². The summed E-state index contributed by atoms with van der Waals surface area (Å²) in [6, 6.07) is 7.51. The normalized spacial score (nSPS) is 17.6. The van der Waals surface area contributed by atoms with E-state index in [0.29, 0.717) is 23.1 Å². The Kier molecular flexibility index (Phi) is 4.74. The molecule has 5 nitrogen and oxygen atoms in total. The van der Waals surface area contributed by atoms with Crippen LogP contribution in [-0.2, 0) is 0 Å². The molecule has 1 aliphatic rings. The van der Waals surface area contributed by atoms with Gasteiger partial charge in [0, 0.05) is 24.8 Å². The molecule has 0 bridgehead atoms. The van der Waals surface area contributed by atoms with Gasteiger partial charge in [-0.3, -0.25) is 4.79 Å². The Hall–Kier alpha value is -2.50. The van der Waals surface area contributed by atoms with Crippen LogP contribution in [0.15, 0.2) is 30.3 Å². The first-order valence-electron chi connectivity index (χ1n) is 8.19. The van der Waals surface area contributed by atoms with Crippen molar-refractivity contribution in [2.24, 2.45) is 5.92 Å². The van der Waals surface area contributed by atoms with E-state index in [0.717, 1.165) is 25.3 Å². The Morgan fingerprint density at radius 2 is 2.17 bits per heavy atom. The van der Waals surface area contributed by atoms with Gasteiger partial charge in [-0.2, -0.15) is 0 Å². The Bertz CT molecular complexity index is 750. The minimum Gasteiger partial charge on any atom is -0.356 e. The van der Waals surface area contributed by atoms with Gasteiger partial charge in [-0.25, -0.2) is 14.4 Å². The number of hydrogen-bond donors (Lipinski definition) is 1. The fraction of sp³-hybridized carbons (Fsp3) is 0.389. The molecule has 1 aromatic heterocycles. The van der Waals surface area contributed by atoms with Crippen molar-refractivity contribution in [1.29, 1.82) is 0 Å². The van der Waals surface area contributed by atoms with Crippen molar-refractivity contribution in [2.75, 3.05) is 23.3 Å². The van der Waals surface area contributed by atoms with Crippen LogP contribution in [0.25, 0.3) is 0 Å². The summed E-state index contributed by atoms with van der Waals surface area (Å²) in [6.07, 6.45) is 2.34. The number of anilines is 2. The molecule has 126 valence electrons. The lowest BCUT2D eigenvalue weighted by Crippen LogP contribution is -2.35. The molecule has 0 spiro atoms. The quantitative estimate of drug-likeness (QED) is 0.938. The number of nitrogens with zero attached hydrogens (tertiary/aromatic N) is 3. The molecule has 1 amide bonds. The van der Waals surface area contributed by atoms with Crippen LogP contribution < -0.4 is 10.2 Å². The monoisotopic (exact) mass is 328 g/mol. The topological polar surface area (TPSA) is 58.1 Å². The number of halogens is 1. The van der Waals surface area contributed by atoms with Crippen LogP contribution in [0.1, 0.15) is 36.1 Å². The van der Waals surface area contributed by atoms with Gasteiger partial charge in [-0.15, -0.1) is 0 Å². The van der Waals surface area contributed by atoms with E-state index in [4.69, 9.17) is 0 Å². The molecular formula is C18H21FN4O. The van der Waals surface area contributed by atoms with Crippen LogP contribution in [0.2, 0.25) is 0 Å². The maximum absolute atomic E-state index is 13.2. The van der Waals surface area contributed by atoms with Crippen LogP contribution in [0.5, 0.6) is 0 Å². The number of benzene rings is 1. The van der Waals surface area contributed by atoms with E-state index in [1.165, 1.54) is 18.6 Å². The molecule has 0 aliphatic carbocycles. The number of carbonyl (C=O) groups is 1. The first-order valence-corrected chi connectivity index (χ1v) is 8.19. The van der Waals surface area contributed by atoms with Crippen molar-refractivity contribution < 1.29 is 9.18 Å². The Balaban J connectivity index is 1.81. The third-order valence-electron chi connectivity index (χ3n) is 4.12.